The predicted octanol–water partition coefficient (Wildman–Crippen LogP) is 2.39. The zero-order valence-corrected chi connectivity index (χ0v) is 14.2. The minimum absolute atomic E-state index is 0.0889. The molecule has 0 saturated carbocycles. The summed E-state index contributed by atoms with van der Waals surface area (Å²) in [6.07, 6.45) is 1.92. The quantitative estimate of drug-likeness (QED) is 0.654. The molecule has 1 aromatic rings. The van der Waals surface area contributed by atoms with Gasteiger partial charge in [0.1, 0.15) is 18.1 Å². The molecule has 0 amide bonds. The number of likely N-dealkylation sites (N-methyl/N-ethyl adjacent to an activating group) is 1. The van der Waals surface area contributed by atoms with Gasteiger partial charge < -0.3 is 14.2 Å². The molecule has 0 spiro atoms. The Morgan fingerprint density at radius 1 is 1.17 bits per heavy atom. The van der Waals surface area contributed by atoms with Crippen LogP contribution in [-0.2, 0) is 9.47 Å². The summed E-state index contributed by atoms with van der Waals surface area (Å²) in [6, 6.07) is 7.47. The first-order valence-corrected chi connectivity index (χ1v) is 8.31. The van der Waals surface area contributed by atoms with E-state index in [4.69, 9.17) is 14.2 Å². The normalized spacial score (nSPS) is 24.7. The maximum atomic E-state index is 10.7. The topological polar surface area (TPSA) is 48.0 Å². The van der Waals surface area contributed by atoms with Crippen LogP contribution in [-0.4, -0.2) is 62.8 Å². The molecule has 0 unspecified atom stereocenters. The lowest BCUT2D eigenvalue weighted by Crippen LogP contribution is -2.38. The Kier molecular flexibility index (Phi) is 7.02. The van der Waals surface area contributed by atoms with Gasteiger partial charge in [0.15, 0.2) is 0 Å². The van der Waals surface area contributed by atoms with Gasteiger partial charge in [0.2, 0.25) is 0 Å². The van der Waals surface area contributed by atoms with Crippen LogP contribution >= 0.6 is 0 Å². The van der Waals surface area contributed by atoms with Gasteiger partial charge in [-0.15, -0.1) is 0 Å². The predicted molar refractivity (Wildman–Crippen MR) is 89.2 cm³/mol. The van der Waals surface area contributed by atoms with E-state index in [1.165, 1.54) is 0 Å². The number of carbonyl (C=O) groups is 1. The van der Waals surface area contributed by atoms with Crippen LogP contribution in [0.1, 0.15) is 30.6 Å². The number of aldehydes is 1. The van der Waals surface area contributed by atoms with E-state index in [1.807, 2.05) is 26.0 Å². The Bertz CT molecular complexity index is 476. The van der Waals surface area contributed by atoms with Crippen molar-refractivity contribution in [1.29, 1.82) is 0 Å². The third-order valence-corrected chi connectivity index (χ3v) is 4.22. The van der Waals surface area contributed by atoms with Gasteiger partial charge in [-0.2, -0.15) is 0 Å². The number of carbonyl (C=O) groups excluding carboxylic acids is 1. The Labute approximate surface area is 138 Å². The summed E-state index contributed by atoms with van der Waals surface area (Å²) < 4.78 is 17.5. The fraction of sp³-hybridized carbons (Fsp3) is 0.611. The van der Waals surface area contributed by atoms with Crippen molar-refractivity contribution in [2.24, 2.45) is 0 Å². The summed E-state index contributed by atoms with van der Waals surface area (Å²) in [4.78, 5) is 12.9. The Balaban J connectivity index is 1.87. The van der Waals surface area contributed by atoms with Crippen molar-refractivity contribution < 1.29 is 19.0 Å². The molecule has 1 aromatic carbocycles. The highest BCUT2D eigenvalue weighted by atomic mass is 16.5. The van der Waals surface area contributed by atoms with E-state index in [-0.39, 0.29) is 12.2 Å². The first-order valence-electron chi connectivity index (χ1n) is 8.31. The fourth-order valence-electron chi connectivity index (χ4n) is 3.12. The number of benzene rings is 1. The van der Waals surface area contributed by atoms with E-state index < -0.39 is 0 Å². The second-order valence-corrected chi connectivity index (χ2v) is 5.74. The molecule has 128 valence electrons. The lowest BCUT2D eigenvalue weighted by molar-refractivity contribution is -0.0533. The summed E-state index contributed by atoms with van der Waals surface area (Å²) >= 11 is 0. The van der Waals surface area contributed by atoms with E-state index in [0.29, 0.717) is 31.4 Å². The molecule has 0 aliphatic carbocycles. The average molecular weight is 321 g/mol. The molecule has 5 heteroatoms. The van der Waals surface area contributed by atoms with E-state index in [1.54, 1.807) is 12.1 Å². The fourth-order valence-corrected chi connectivity index (χ4v) is 3.12. The first-order chi connectivity index (χ1) is 11.2. The molecule has 3 atom stereocenters. The third-order valence-electron chi connectivity index (χ3n) is 4.22. The number of ether oxygens (including phenoxy) is 3. The molecule has 1 saturated heterocycles. The van der Waals surface area contributed by atoms with Crippen molar-refractivity contribution in [2.75, 3.05) is 33.4 Å². The lowest BCUT2D eigenvalue weighted by Gasteiger charge is -2.26. The van der Waals surface area contributed by atoms with Crippen LogP contribution in [0.5, 0.6) is 5.75 Å². The molecule has 1 aliphatic rings. The number of nitrogens with zero attached hydrogens (tertiary/aromatic N) is 1. The molecule has 1 fully saturated rings. The summed E-state index contributed by atoms with van der Waals surface area (Å²) in [5.41, 5.74) is 0.656. The van der Waals surface area contributed by atoms with Crippen LogP contribution in [0.2, 0.25) is 0 Å². The first kappa shape index (κ1) is 17.9. The van der Waals surface area contributed by atoms with Crippen molar-refractivity contribution in [3.8, 4) is 5.75 Å². The van der Waals surface area contributed by atoms with Gasteiger partial charge >= 0.3 is 0 Å². The molecule has 2 rings (SSSR count). The van der Waals surface area contributed by atoms with Crippen molar-refractivity contribution >= 4 is 6.29 Å². The molecule has 23 heavy (non-hydrogen) atoms. The van der Waals surface area contributed by atoms with Gasteiger partial charge in [0, 0.05) is 31.4 Å². The largest absolute Gasteiger partial charge is 0.494 e. The van der Waals surface area contributed by atoms with E-state index in [0.717, 1.165) is 25.0 Å². The Morgan fingerprint density at radius 3 is 2.48 bits per heavy atom. The molecular weight excluding hydrogens is 294 g/mol. The van der Waals surface area contributed by atoms with Crippen molar-refractivity contribution in [2.45, 2.75) is 38.5 Å². The van der Waals surface area contributed by atoms with Gasteiger partial charge in [0.05, 0.1) is 12.7 Å². The van der Waals surface area contributed by atoms with Gasteiger partial charge in [0.25, 0.3) is 0 Å². The van der Waals surface area contributed by atoms with Crippen LogP contribution < -0.4 is 4.74 Å². The zero-order valence-electron chi connectivity index (χ0n) is 14.2. The zero-order chi connectivity index (χ0) is 16.7. The van der Waals surface area contributed by atoms with Crippen LogP contribution in [0.15, 0.2) is 24.3 Å². The maximum absolute atomic E-state index is 10.7. The summed E-state index contributed by atoms with van der Waals surface area (Å²) in [5.74, 6) is 0.783. The standard InChI is InChI=1S/C18H27NO4/c1-4-21-17-12-19(3)16(18(17)22-5-2)10-11-23-15-8-6-14(13-20)7-9-15/h6-9,13,16-18H,4-5,10-12H2,1-3H3/t16-,17+,18-/m0/s1. The monoisotopic (exact) mass is 321 g/mol. The Hall–Kier alpha value is -1.43. The minimum Gasteiger partial charge on any atom is -0.494 e. The molecule has 1 heterocycles. The highest BCUT2D eigenvalue weighted by Crippen LogP contribution is 2.25. The third kappa shape index (κ3) is 4.77. The highest BCUT2D eigenvalue weighted by Gasteiger charge is 2.40. The number of likely N-dealkylation sites (tertiary alicyclic amines) is 1. The summed E-state index contributed by atoms with van der Waals surface area (Å²) in [7, 11) is 2.11. The minimum atomic E-state index is 0.0889. The van der Waals surface area contributed by atoms with Crippen LogP contribution in [0.25, 0.3) is 0 Å². The lowest BCUT2D eigenvalue weighted by atomic mass is 10.1. The number of hydrogen-bond donors (Lipinski definition) is 0. The molecule has 0 aromatic heterocycles. The Morgan fingerprint density at radius 2 is 1.87 bits per heavy atom. The highest BCUT2D eigenvalue weighted by molar-refractivity contribution is 5.74. The molecule has 5 nitrogen and oxygen atoms in total. The second kappa shape index (κ2) is 9.01. The maximum Gasteiger partial charge on any atom is 0.150 e. The van der Waals surface area contributed by atoms with Gasteiger partial charge in [-0.1, -0.05) is 0 Å². The van der Waals surface area contributed by atoms with Crippen LogP contribution in [0, 0.1) is 0 Å². The van der Waals surface area contributed by atoms with Gasteiger partial charge in [-0.25, -0.2) is 0 Å². The SMILES string of the molecule is CCO[C@@H]1[C@H](OCC)CN(C)[C@H]1CCOc1ccc(C=O)cc1. The summed E-state index contributed by atoms with van der Waals surface area (Å²) in [5, 5.41) is 0. The van der Waals surface area contributed by atoms with Crippen LogP contribution in [0.3, 0.4) is 0 Å². The van der Waals surface area contributed by atoms with Crippen molar-refractivity contribution in [3.63, 3.8) is 0 Å². The van der Waals surface area contributed by atoms with Crippen LogP contribution in [0.4, 0.5) is 0 Å². The van der Waals surface area contributed by atoms with E-state index in [9.17, 15) is 4.79 Å². The summed E-state index contributed by atoms with van der Waals surface area (Å²) in [6.45, 7) is 6.92. The van der Waals surface area contributed by atoms with E-state index in [2.05, 4.69) is 11.9 Å². The molecule has 0 radical (unpaired) electrons. The number of rotatable bonds is 9. The smallest absolute Gasteiger partial charge is 0.150 e. The number of hydrogen-bond acceptors (Lipinski definition) is 5. The van der Waals surface area contributed by atoms with E-state index >= 15 is 0 Å². The molecular formula is C18H27NO4. The molecule has 0 N–H and O–H groups in total. The average Bonchev–Trinajstić information content (AvgIpc) is 2.85. The second-order valence-electron chi connectivity index (χ2n) is 5.74. The van der Waals surface area contributed by atoms with Gasteiger partial charge in [-0.05, 0) is 51.6 Å². The van der Waals surface area contributed by atoms with Crippen molar-refractivity contribution in [1.82, 2.24) is 4.90 Å². The molecule has 0 bridgehead atoms. The van der Waals surface area contributed by atoms with Crippen molar-refractivity contribution in [3.05, 3.63) is 29.8 Å². The molecule has 1 aliphatic heterocycles. The van der Waals surface area contributed by atoms with Gasteiger partial charge in [-0.3, -0.25) is 9.69 Å².